The van der Waals surface area contributed by atoms with Crippen molar-refractivity contribution in [3.05, 3.63) is 70.8 Å². The minimum Gasteiger partial charge on any atom is -0.293 e. The van der Waals surface area contributed by atoms with Gasteiger partial charge in [-0.2, -0.15) is 5.26 Å². The van der Waals surface area contributed by atoms with Gasteiger partial charge in [0.2, 0.25) is 0 Å². The molecule has 1 heterocycles. The molecule has 0 amide bonds. The van der Waals surface area contributed by atoms with Crippen LogP contribution < -0.4 is 0 Å². The van der Waals surface area contributed by atoms with E-state index in [9.17, 15) is 10.1 Å². The third kappa shape index (κ3) is 3.17. The summed E-state index contributed by atoms with van der Waals surface area (Å²) in [6.45, 7) is 4.07. The number of nitriles is 1. The maximum atomic E-state index is 12.3. The molecule has 0 aliphatic heterocycles. The van der Waals surface area contributed by atoms with E-state index in [1.165, 1.54) is 11.8 Å². The van der Waals surface area contributed by atoms with Crippen molar-refractivity contribution in [1.82, 2.24) is 4.98 Å². The Morgan fingerprint density at radius 1 is 1.17 bits per heavy atom. The van der Waals surface area contributed by atoms with Crippen LogP contribution in [0.5, 0.6) is 0 Å². The minimum atomic E-state index is 0.0346. The second kappa shape index (κ2) is 6.86. The topological polar surface area (TPSA) is 53.8 Å². The summed E-state index contributed by atoms with van der Waals surface area (Å²) in [4.78, 5) is 16.9. The first-order valence-corrected chi connectivity index (χ1v) is 8.61. The molecule has 0 bridgehead atoms. The van der Waals surface area contributed by atoms with Gasteiger partial charge >= 0.3 is 0 Å². The van der Waals surface area contributed by atoms with Crippen LogP contribution in [-0.4, -0.2) is 16.5 Å². The fourth-order valence-corrected chi connectivity index (χ4v) is 3.35. The van der Waals surface area contributed by atoms with Crippen LogP contribution in [0.15, 0.2) is 53.6 Å². The third-order valence-electron chi connectivity index (χ3n) is 4.03. The van der Waals surface area contributed by atoms with Crippen molar-refractivity contribution in [1.29, 1.82) is 5.26 Å². The Hall–Kier alpha value is -2.64. The molecule has 0 saturated heterocycles. The van der Waals surface area contributed by atoms with Gasteiger partial charge in [0.05, 0.1) is 16.8 Å². The monoisotopic (exact) mass is 332 g/mol. The van der Waals surface area contributed by atoms with E-state index in [0.717, 1.165) is 22.0 Å². The lowest BCUT2D eigenvalue weighted by atomic mass is 10.0. The van der Waals surface area contributed by atoms with Crippen molar-refractivity contribution in [3.8, 4) is 6.07 Å². The highest BCUT2D eigenvalue weighted by atomic mass is 32.2. The average molecular weight is 332 g/mol. The van der Waals surface area contributed by atoms with Gasteiger partial charge in [-0.3, -0.25) is 4.79 Å². The summed E-state index contributed by atoms with van der Waals surface area (Å²) in [7, 11) is 0. The highest BCUT2D eigenvalue weighted by Gasteiger charge is 2.13. The van der Waals surface area contributed by atoms with Crippen LogP contribution in [0.1, 0.15) is 27.0 Å². The van der Waals surface area contributed by atoms with Gasteiger partial charge in [-0.15, -0.1) is 0 Å². The Balaban J connectivity index is 1.92. The number of fused-ring (bicyclic) bond motifs is 1. The Morgan fingerprint density at radius 3 is 2.62 bits per heavy atom. The van der Waals surface area contributed by atoms with Gasteiger partial charge in [0.1, 0.15) is 11.1 Å². The maximum Gasteiger partial charge on any atom is 0.173 e. The molecule has 0 unspecified atom stereocenters. The Labute approximate surface area is 145 Å². The number of benzene rings is 2. The highest BCUT2D eigenvalue weighted by Crippen LogP contribution is 2.28. The molecule has 4 heteroatoms. The highest BCUT2D eigenvalue weighted by molar-refractivity contribution is 8.00. The number of ketones is 1. The van der Waals surface area contributed by atoms with E-state index < -0.39 is 0 Å². The average Bonchev–Trinajstić information content (AvgIpc) is 2.63. The van der Waals surface area contributed by atoms with Crippen LogP contribution >= 0.6 is 11.8 Å². The fourth-order valence-electron chi connectivity index (χ4n) is 2.50. The van der Waals surface area contributed by atoms with E-state index in [1.807, 2.05) is 50.2 Å². The molecule has 0 aliphatic carbocycles. The van der Waals surface area contributed by atoms with Crippen LogP contribution in [-0.2, 0) is 0 Å². The molecule has 0 atom stereocenters. The molecule has 0 N–H and O–H groups in total. The van der Waals surface area contributed by atoms with E-state index in [2.05, 4.69) is 11.1 Å². The summed E-state index contributed by atoms with van der Waals surface area (Å²) in [5, 5.41) is 11.0. The van der Waals surface area contributed by atoms with Crippen LogP contribution in [0.25, 0.3) is 10.9 Å². The predicted octanol–water partition coefficient (Wildman–Crippen LogP) is 4.70. The predicted molar refractivity (Wildman–Crippen MR) is 97.4 cm³/mol. The second-order valence-corrected chi connectivity index (χ2v) is 6.57. The summed E-state index contributed by atoms with van der Waals surface area (Å²) in [5.74, 6) is 0.301. The number of hydrogen-bond acceptors (Lipinski definition) is 4. The zero-order chi connectivity index (χ0) is 17.1. The molecular formula is C20H16N2OS. The van der Waals surface area contributed by atoms with Crippen molar-refractivity contribution >= 4 is 28.4 Å². The summed E-state index contributed by atoms with van der Waals surface area (Å²) in [6.07, 6.45) is 0. The van der Waals surface area contributed by atoms with Crippen molar-refractivity contribution in [2.75, 3.05) is 5.75 Å². The van der Waals surface area contributed by atoms with Crippen LogP contribution in [0, 0.1) is 25.2 Å². The molecular weight excluding hydrogens is 316 g/mol. The lowest BCUT2D eigenvalue weighted by molar-refractivity contribution is 0.102. The number of aryl methyl sites for hydroxylation is 2. The molecule has 0 spiro atoms. The number of rotatable bonds is 4. The van der Waals surface area contributed by atoms with Gasteiger partial charge < -0.3 is 0 Å². The van der Waals surface area contributed by atoms with Crippen molar-refractivity contribution in [3.63, 3.8) is 0 Å². The molecule has 0 fully saturated rings. The lowest BCUT2D eigenvalue weighted by Gasteiger charge is -2.09. The Bertz CT molecular complexity index is 959. The molecule has 0 radical (unpaired) electrons. The molecule has 3 rings (SSSR count). The smallest absolute Gasteiger partial charge is 0.173 e. The number of thioether (sulfide) groups is 1. The molecule has 118 valence electrons. The van der Waals surface area contributed by atoms with Gasteiger partial charge in [0.15, 0.2) is 5.78 Å². The molecule has 3 aromatic rings. The number of nitrogens with zero attached hydrogens (tertiary/aromatic N) is 2. The van der Waals surface area contributed by atoms with Gasteiger partial charge in [0, 0.05) is 10.9 Å². The first kappa shape index (κ1) is 16.2. The standard InChI is InChI=1S/C20H16N2OS/c1-13-8-9-16-10-17(11-21)20(22-19(16)14(13)2)24-12-18(23)15-6-4-3-5-7-15/h3-10H,12H2,1-2H3. The Kier molecular flexibility index (Phi) is 4.64. The van der Waals surface area contributed by atoms with E-state index in [0.29, 0.717) is 16.2 Å². The summed E-state index contributed by atoms with van der Waals surface area (Å²) in [6, 6.07) is 17.2. The van der Waals surface area contributed by atoms with E-state index in [1.54, 1.807) is 12.1 Å². The number of aromatic nitrogens is 1. The van der Waals surface area contributed by atoms with Crippen molar-refractivity contribution in [2.45, 2.75) is 18.9 Å². The number of carbonyl (C=O) groups is 1. The third-order valence-corrected chi connectivity index (χ3v) is 5.02. The van der Waals surface area contributed by atoms with Gasteiger partial charge in [0.25, 0.3) is 0 Å². The normalized spacial score (nSPS) is 10.5. The van der Waals surface area contributed by atoms with Gasteiger partial charge in [-0.1, -0.05) is 54.2 Å². The van der Waals surface area contributed by atoms with Crippen molar-refractivity contribution < 1.29 is 4.79 Å². The van der Waals surface area contributed by atoms with Crippen LogP contribution in [0.4, 0.5) is 0 Å². The molecule has 0 aliphatic rings. The van der Waals surface area contributed by atoms with E-state index in [-0.39, 0.29) is 11.5 Å². The van der Waals surface area contributed by atoms with Crippen molar-refractivity contribution in [2.24, 2.45) is 0 Å². The zero-order valence-corrected chi connectivity index (χ0v) is 14.4. The molecule has 24 heavy (non-hydrogen) atoms. The van der Waals surface area contributed by atoms with Crippen LogP contribution in [0.3, 0.4) is 0 Å². The molecule has 1 aromatic heterocycles. The summed E-state index contributed by atoms with van der Waals surface area (Å²) >= 11 is 1.32. The SMILES string of the molecule is Cc1ccc2cc(C#N)c(SCC(=O)c3ccccc3)nc2c1C. The van der Waals surface area contributed by atoms with Crippen LogP contribution in [0.2, 0.25) is 0 Å². The number of hydrogen-bond donors (Lipinski definition) is 0. The first-order valence-electron chi connectivity index (χ1n) is 7.62. The lowest BCUT2D eigenvalue weighted by Crippen LogP contribution is -2.03. The summed E-state index contributed by atoms with van der Waals surface area (Å²) < 4.78 is 0. The molecule has 0 saturated carbocycles. The summed E-state index contributed by atoms with van der Waals surface area (Å²) in [5.41, 5.74) is 4.35. The largest absolute Gasteiger partial charge is 0.293 e. The van der Waals surface area contributed by atoms with E-state index >= 15 is 0 Å². The number of Topliss-reactive ketones (excluding diaryl/α,β-unsaturated/α-hetero) is 1. The Morgan fingerprint density at radius 2 is 1.92 bits per heavy atom. The number of carbonyl (C=O) groups excluding carboxylic acids is 1. The maximum absolute atomic E-state index is 12.3. The quantitative estimate of drug-likeness (QED) is 0.513. The fraction of sp³-hybridized carbons (Fsp3) is 0.150. The van der Waals surface area contributed by atoms with Gasteiger partial charge in [-0.25, -0.2) is 4.98 Å². The zero-order valence-electron chi connectivity index (χ0n) is 13.5. The molecule has 3 nitrogen and oxygen atoms in total. The number of pyridine rings is 1. The minimum absolute atomic E-state index is 0.0346. The first-order chi connectivity index (χ1) is 11.6. The second-order valence-electron chi connectivity index (χ2n) is 5.61. The van der Waals surface area contributed by atoms with Gasteiger partial charge in [-0.05, 0) is 31.0 Å². The van der Waals surface area contributed by atoms with E-state index in [4.69, 9.17) is 0 Å². The molecule has 2 aromatic carbocycles.